The van der Waals surface area contributed by atoms with Crippen molar-refractivity contribution in [3.63, 3.8) is 0 Å². The van der Waals surface area contributed by atoms with Crippen LogP contribution in [-0.4, -0.2) is 42.8 Å². The lowest BCUT2D eigenvalue weighted by Crippen LogP contribution is -2.45. The summed E-state index contributed by atoms with van der Waals surface area (Å²) in [4.78, 5) is 22.6. The van der Waals surface area contributed by atoms with Crippen molar-refractivity contribution in [2.45, 2.75) is 6.10 Å². The molecule has 0 spiro atoms. The Balaban J connectivity index is 2.18. The SMILES string of the molecule is O=C(O)c1cc(NC(=O)C2CNCCO2)c(F)cc1F. The van der Waals surface area contributed by atoms with Crippen LogP contribution in [0.1, 0.15) is 10.4 Å². The fourth-order valence-corrected chi connectivity index (χ4v) is 1.76. The standard InChI is InChI=1S/C12H12F2N2O4/c13-7-4-8(14)9(3-6(7)12(18)19)16-11(17)10-5-15-1-2-20-10/h3-4,10,15H,1-2,5H2,(H,16,17)(H,18,19). The average molecular weight is 286 g/mol. The molecule has 0 radical (unpaired) electrons. The van der Waals surface area contributed by atoms with Crippen LogP contribution in [0.3, 0.4) is 0 Å². The highest BCUT2D eigenvalue weighted by Gasteiger charge is 2.24. The first-order valence-corrected chi connectivity index (χ1v) is 5.84. The maximum atomic E-state index is 13.5. The maximum absolute atomic E-state index is 13.5. The van der Waals surface area contributed by atoms with E-state index in [1.165, 1.54) is 0 Å². The van der Waals surface area contributed by atoms with E-state index in [1.54, 1.807) is 0 Å². The lowest BCUT2D eigenvalue weighted by molar-refractivity contribution is -0.128. The smallest absolute Gasteiger partial charge is 0.338 e. The highest BCUT2D eigenvalue weighted by atomic mass is 19.1. The lowest BCUT2D eigenvalue weighted by atomic mass is 10.1. The van der Waals surface area contributed by atoms with Crippen LogP contribution in [0.4, 0.5) is 14.5 Å². The number of hydrogen-bond acceptors (Lipinski definition) is 4. The van der Waals surface area contributed by atoms with Gasteiger partial charge in [0.15, 0.2) is 0 Å². The third kappa shape index (κ3) is 3.09. The van der Waals surface area contributed by atoms with Crippen molar-refractivity contribution in [1.82, 2.24) is 5.32 Å². The zero-order valence-electron chi connectivity index (χ0n) is 10.3. The number of halogens is 2. The van der Waals surface area contributed by atoms with Gasteiger partial charge in [-0.15, -0.1) is 0 Å². The number of carboxylic acid groups (broad SMARTS) is 1. The summed E-state index contributed by atoms with van der Waals surface area (Å²) in [6.45, 7) is 1.21. The maximum Gasteiger partial charge on any atom is 0.338 e. The van der Waals surface area contributed by atoms with Gasteiger partial charge in [-0.3, -0.25) is 4.79 Å². The van der Waals surface area contributed by atoms with E-state index in [2.05, 4.69) is 10.6 Å². The van der Waals surface area contributed by atoms with Gasteiger partial charge in [-0.1, -0.05) is 0 Å². The molecule has 1 fully saturated rings. The van der Waals surface area contributed by atoms with Crippen LogP contribution in [0, 0.1) is 11.6 Å². The van der Waals surface area contributed by atoms with Gasteiger partial charge in [0.1, 0.15) is 17.7 Å². The molecule has 1 aromatic carbocycles. The number of morpholine rings is 1. The number of hydrogen-bond donors (Lipinski definition) is 3. The van der Waals surface area contributed by atoms with E-state index in [0.717, 1.165) is 6.07 Å². The summed E-state index contributed by atoms with van der Waals surface area (Å²) in [7, 11) is 0. The highest BCUT2D eigenvalue weighted by Crippen LogP contribution is 2.20. The van der Waals surface area contributed by atoms with Crippen molar-refractivity contribution >= 4 is 17.6 Å². The first kappa shape index (κ1) is 14.4. The molecule has 6 nitrogen and oxygen atoms in total. The quantitative estimate of drug-likeness (QED) is 0.757. The Morgan fingerprint density at radius 3 is 2.70 bits per heavy atom. The Morgan fingerprint density at radius 2 is 2.10 bits per heavy atom. The van der Waals surface area contributed by atoms with Gasteiger partial charge in [-0.2, -0.15) is 0 Å². The Labute approximate surface area is 112 Å². The van der Waals surface area contributed by atoms with E-state index in [0.29, 0.717) is 19.2 Å². The summed E-state index contributed by atoms with van der Waals surface area (Å²) < 4.78 is 31.9. The van der Waals surface area contributed by atoms with Crippen molar-refractivity contribution in [2.24, 2.45) is 0 Å². The molecule has 3 N–H and O–H groups in total. The van der Waals surface area contributed by atoms with Crippen LogP contribution in [0.5, 0.6) is 0 Å². The summed E-state index contributed by atoms with van der Waals surface area (Å²) in [5.41, 5.74) is -1.12. The monoisotopic (exact) mass is 286 g/mol. The van der Waals surface area contributed by atoms with Crippen LogP contribution >= 0.6 is 0 Å². The molecule has 1 unspecified atom stereocenters. The lowest BCUT2D eigenvalue weighted by Gasteiger charge is -2.22. The Bertz CT molecular complexity index is 545. The van der Waals surface area contributed by atoms with Gasteiger partial charge in [0.25, 0.3) is 5.91 Å². The van der Waals surface area contributed by atoms with E-state index >= 15 is 0 Å². The van der Waals surface area contributed by atoms with Crippen LogP contribution in [0.15, 0.2) is 12.1 Å². The largest absolute Gasteiger partial charge is 0.478 e. The molecule has 20 heavy (non-hydrogen) atoms. The minimum absolute atomic E-state index is 0.264. The van der Waals surface area contributed by atoms with Crippen molar-refractivity contribution in [3.8, 4) is 0 Å². The molecule has 1 amide bonds. The molecule has 1 aliphatic rings. The second kappa shape index (κ2) is 5.93. The molecule has 0 bridgehead atoms. The summed E-state index contributed by atoms with van der Waals surface area (Å²) >= 11 is 0. The molecule has 1 heterocycles. The first-order chi connectivity index (χ1) is 9.49. The molecular formula is C12H12F2N2O4. The Morgan fingerprint density at radius 1 is 1.35 bits per heavy atom. The summed E-state index contributed by atoms with van der Waals surface area (Å²) in [6.07, 6.45) is -0.804. The van der Waals surface area contributed by atoms with Crippen LogP contribution in [0.25, 0.3) is 0 Å². The fourth-order valence-electron chi connectivity index (χ4n) is 1.76. The van der Waals surface area contributed by atoms with Crippen LogP contribution in [0.2, 0.25) is 0 Å². The number of benzene rings is 1. The third-order valence-electron chi connectivity index (χ3n) is 2.77. The third-order valence-corrected chi connectivity index (χ3v) is 2.77. The van der Waals surface area contributed by atoms with Gasteiger partial charge in [-0.25, -0.2) is 13.6 Å². The second-order valence-electron chi connectivity index (χ2n) is 4.17. The van der Waals surface area contributed by atoms with E-state index < -0.39 is 40.9 Å². The van der Waals surface area contributed by atoms with E-state index in [4.69, 9.17) is 9.84 Å². The van der Waals surface area contributed by atoms with Crippen LogP contribution in [-0.2, 0) is 9.53 Å². The van der Waals surface area contributed by atoms with Gasteiger partial charge in [0.2, 0.25) is 0 Å². The molecular weight excluding hydrogens is 274 g/mol. The van der Waals surface area contributed by atoms with Crippen molar-refractivity contribution in [1.29, 1.82) is 0 Å². The fraction of sp³-hybridized carbons (Fsp3) is 0.333. The Hall–Kier alpha value is -2.06. The van der Waals surface area contributed by atoms with Gasteiger partial charge in [-0.05, 0) is 6.07 Å². The van der Waals surface area contributed by atoms with Crippen molar-refractivity contribution in [2.75, 3.05) is 25.0 Å². The molecule has 0 aliphatic carbocycles. The molecule has 108 valence electrons. The summed E-state index contributed by atoms with van der Waals surface area (Å²) in [5.74, 6) is -4.43. The number of nitrogens with one attached hydrogen (secondary N) is 2. The molecule has 0 saturated carbocycles. The van der Waals surface area contributed by atoms with E-state index in [-0.39, 0.29) is 6.54 Å². The zero-order valence-corrected chi connectivity index (χ0v) is 10.3. The molecule has 1 saturated heterocycles. The topological polar surface area (TPSA) is 87.7 Å². The molecule has 1 atom stereocenters. The van der Waals surface area contributed by atoms with E-state index in [1.807, 2.05) is 0 Å². The predicted molar refractivity (Wildman–Crippen MR) is 64.6 cm³/mol. The number of anilines is 1. The number of rotatable bonds is 3. The van der Waals surface area contributed by atoms with E-state index in [9.17, 15) is 18.4 Å². The minimum atomic E-state index is -1.55. The van der Waals surface area contributed by atoms with Crippen LogP contribution < -0.4 is 10.6 Å². The molecule has 1 aliphatic heterocycles. The number of carboxylic acids is 1. The minimum Gasteiger partial charge on any atom is -0.478 e. The first-order valence-electron chi connectivity index (χ1n) is 5.84. The highest BCUT2D eigenvalue weighted by molar-refractivity contribution is 5.96. The van der Waals surface area contributed by atoms with Crippen molar-refractivity contribution in [3.05, 3.63) is 29.3 Å². The van der Waals surface area contributed by atoms with Gasteiger partial charge >= 0.3 is 5.97 Å². The van der Waals surface area contributed by atoms with Gasteiger partial charge in [0, 0.05) is 19.2 Å². The molecule has 0 aromatic heterocycles. The number of ether oxygens (including phenoxy) is 1. The normalized spacial score (nSPS) is 18.6. The molecule has 8 heteroatoms. The second-order valence-corrected chi connectivity index (χ2v) is 4.17. The van der Waals surface area contributed by atoms with Gasteiger partial charge in [0.05, 0.1) is 17.9 Å². The number of carbonyl (C=O) groups excluding carboxylic acids is 1. The average Bonchev–Trinajstić information content (AvgIpc) is 2.42. The predicted octanol–water partition coefficient (Wildman–Crippen LogP) is 0.590. The Kier molecular flexibility index (Phi) is 4.26. The summed E-state index contributed by atoms with van der Waals surface area (Å²) in [6, 6.07) is 1.15. The molecule has 1 aromatic rings. The molecule has 2 rings (SSSR count). The number of aromatic carboxylic acids is 1. The van der Waals surface area contributed by atoms with Crippen molar-refractivity contribution < 1.29 is 28.2 Å². The summed E-state index contributed by atoms with van der Waals surface area (Å²) in [5, 5.41) is 13.9. The number of amides is 1. The van der Waals surface area contributed by atoms with Gasteiger partial charge < -0.3 is 20.5 Å². The zero-order chi connectivity index (χ0) is 14.7. The number of carbonyl (C=O) groups is 2.